The first-order chi connectivity index (χ1) is 28.6. The van der Waals surface area contributed by atoms with Gasteiger partial charge in [-0.15, -0.1) is 0 Å². The van der Waals surface area contributed by atoms with Gasteiger partial charge in [-0.3, -0.25) is 0 Å². The quantitative estimate of drug-likeness (QED) is 0.107. The number of anilines is 7. The van der Waals surface area contributed by atoms with E-state index in [4.69, 9.17) is 23.7 Å². The van der Waals surface area contributed by atoms with Crippen LogP contribution >= 0.6 is 0 Å². The Hall–Kier alpha value is -7.84. The number of hydrogen-bond donors (Lipinski definition) is 2. The number of methoxy groups -OCH3 is 2. The molecule has 8 nitrogen and oxygen atoms in total. The zero-order valence-electron chi connectivity index (χ0n) is 32.0. The van der Waals surface area contributed by atoms with Gasteiger partial charge in [-0.1, -0.05) is 54.6 Å². The average Bonchev–Trinajstić information content (AvgIpc) is 3.28. The molecule has 0 radical (unpaired) electrons. The van der Waals surface area contributed by atoms with Crippen LogP contribution in [0, 0.1) is 0 Å². The van der Waals surface area contributed by atoms with E-state index in [0.29, 0.717) is 28.7 Å². The van der Waals surface area contributed by atoms with Crippen molar-refractivity contribution in [1.29, 1.82) is 0 Å². The summed E-state index contributed by atoms with van der Waals surface area (Å²) in [7, 11) is 3.30. The molecule has 0 aliphatic carbocycles. The van der Waals surface area contributed by atoms with Crippen LogP contribution in [-0.2, 0) is 0 Å². The largest absolute Gasteiger partial charge is 0.497 e. The van der Waals surface area contributed by atoms with Gasteiger partial charge in [-0.25, -0.2) is 0 Å². The van der Waals surface area contributed by atoms with E-state index in [1.54, 1.807) is 14.2 Å². The summed E-state index contributed by atoms with van der Waals surface area (Å²) >= 11 is 0. The number of para-hydroxylation sites is 5. The highest BCUT2D eigenvalue weighted by atomic mass is 16.5. The summed E-state index contributed by atoms with van der Waals surface area (Å²) in [5.74, 6) is 5.59. The Morgan fingerprint density at radius 1 is 0.345 bits per heavy atom. The van der Waals surface area contributed by atoms with Crippen LogP contribution in [0.25, 0.3) is 0 Å². The number of nitrogens with one attached hydrogen (secondary N) is 2. The number of nitrogens with zero attached hydrogens (tertiary/aromatic N) is 1. The lowest BCUT2D eigenvalue weighted by Gasteiger charge is -2.27. The average molecular weight is 764 g/mol. The van der Waals surface area contributed by atoms with Gasteiger partial charge in [0.25, 0.3) is 0 Å². The van der Waals surface area contributed by atoms with Gasteiger partial charge in [0.15, 0.2) is 11.5 Å². The third-order valence-electron chi connectivity index (χ3n) is 9.23. The van der Waals surface area contributed by atoms with Crippen molar-refractivity contribution >= 4 is 39.8 Å². The minimum atomic E-state index is 0.635. The second-order valence-electron chi connectivity index (χ2n) is 13.1. The van der Waals surface area contributed by atoms with Crippen LogP contribution in [0.4, 0.5) is 39.8 Å². The lowest BCUT2D eigenvalue weighted by Crippen LogP contribution is -2.10. The molecule has 8 aromatic carbocycles. The van der Waals surface area contributed by atoms with Crippen LogP contribution in [0.1, 0.15) is 0 Å². The van der Waals surface area contributed by atoms with Crippen molar-refractivity contribution in [2.24, 2.45) is 0 Å². The minimum Gasteiger partial charge on any atom is -0.497 e. The van der Waals surface area contributed by atoms with Crippen LogP contribution in [0.3, 0.4) is 0 Å². The van der Waals surface area contributed by atoms with Crippen molar-refractivity contribution in [3.05, 3.63) is 200 Å². The fourth-order valence-corrected chi connectivity index (χ4v) is 6.35. The maximum absolute atomic E-state index is 6.49. The fourth-order valence-electron chi connectivity index (χ4n) is 6.35. The molecule has 0 saturated heterocycles. The van der Waals surface area contributed by atoms with Crippen molar-refractivity contribution in [3.8, 4) is 46.0 Å². The number of rotatable bonds is 15. The second kappa shape index (κ2) is 17.7. The van der Waals surface area contributed by atoms with E-state index in [2.05, 4.69) is 45.9 Å². The van der Waals surface area contributed by atoms with Crippen LogP contribution in [0.15, 0.2) is 200 Å². The molecule has 8 rings (SSSR count). The van der Waals surface area contributed by atoms with Crippen LogP contribution in [0.2, 0.25) is 0 Å². The molecule has 0 aliphatic rings. The normalized spacial score (nSPS) is 10.6. The van der Waals surface area contributed by atoms with Crippen molar-refractivity contribution < 1.29 is 23.7 Å². The standard InChI is InChI=1S/C50H41N3O5/c1-54-40-24-20-36(21-25-40)51-46-16-11-19-49(50(46)52-37-22-26-41(55-2)27-23-37)58-45-34-30-43(31-35-45)56-42-28-32-44(33-29-42)57-48-18-10-9-17-47(48)53(38-12-5-3-6-13-38)39-14-7-4-8-15-39/h3-35,51-52H,1-2H3. The highest BCUT2D eigenvalue weighted by molar-refractivity contribution is 5.84. The molecule has 0 amide bonds. The SMILES string of the molecule is COc1ccc(Nc2cccc(Oc3ccc(Oc4ccc(Oc5ccccc5N(c5ccccc5)c5ccccc5)cc4)cc3)c2Nc2ccc(OC)cc2)cc1. The van der Waals surface area contributed by atoms with E-state index < -0.39 is 0 Å². The first-order valence-electron chi connectivity index (χ1n) is 18.8. The van der Waals surface area contributed by atoms with Gasteiger partial charge in [-0.05, 0) is 146 Å². The van der Waals surface area contributed by atoms with E-state index in [1.807, 2.05) is 170 Å². The Morgan fingerprint density at radius 3 is 1.28 bits per heavy atom. The van der Waals surface area contributed by atoms with E-state index >= 15 is 0 Å². The molecule has 0 aromatic heterocycles. The maximum Gasteiger partial charge on any atom is 0.153 e. The topological polar surface area (TPSA) is 73.5 Å². The molecular formula is C50H41N3O5. The van der Waals surface area contributed by atoms with Crippen molar-refractivity contribution in [3.63, 3.8) is 0 Å². The lowest BCUT2D eigenvalue weighted by atomic mass is 10.2. The smallest absolute Gasteiger partial charge is 0.153 e. The predicted molar refractivity (Wildman–Crippen MR) is 233 cm³/mol. The third kappa shape index (κ3) is 8.99. The Kier molecular flexibility index (Phi) is 11.4. The zero-order valence-corrected chi connectivity index (χ0v) is 32.0. The predicted octanol–water partition coefficient (Wildman–Crippen LogP) is 14.0. The zero-order chi connectivity index (χ0) is 39.5. The van der Waals surface area contributed by atoms with Gasteiger partial charge in [0.1, 0.15) is 40.2 Å². The highest BCUT2D eigenvalue weighted by Gasteiger charge is 2.17. The minimum absolute atomic E-state index is 0.635. The summed E-state index contributed by atoms with van der Waals surface area (Å²) in [4.78, 5) is 2.19. The Balaban J connectivity index is 0.970. The Morgan fingerprint density at radius 2 is 0.759 bits per heavy atom. The van der Waals surface area contributed by atoms with Crippen LogP contribution < -0.4 is 39.2 Å². The van der Waals surface area contributed by atoms with Gasteiger partial charge in [-0.2, -0.15) is 0 Å². The number of ether oxygens (including phenoxy) is 5. The summed E-state index contributed by atoms with van der Waals surface area (Å²) in [6, 6.07) is 65.1. The molecule has 0 aliphatic heterocycles. The summed E-state index contributed by atoms with van der Waals surface area (Å²) in [6.45, 7) is 0. The van der Waals surface area contributed by atoms with E-state index in [0.717, 1.165) is 57.1 Å². The molecule has 58 heavy (non-hydrogen) atoms. The van der Waals surface area contributed by atoms with E-state index in [-0.39, 0.29) is 0 Å². The van der Waals surface area contributed by atoms with Crippen LogP contribution in [-0.4, -0.2) is 14.2 Å². The summed E-state index contributed by atoms with van der Waals surface area (Å²) in [5.41, 5.74) is 6.36. The molecule has 0 saturated carbocycles. The molecule has 0 heterocycles. The van der Waals surface area contributed by atoms with Gasteiger partial charge in [0, 0.05) is 22.7 Å². The molecule has 0 spiro atoms. The Labute approximate surface area is 338 Å². The monoisotopic (exact) mass is 763 g/mol. The summed E-state index contributed by atoms with van der Waals surface area (Å²) in [6.07, 6.45) is 0. The summed E-state index contributed by atoms with van der Waals surface area (Å²) in [5, 5.41) is 7.05. The molecule has 286 valence electrons. The van der Waals surface area contributed by atoms with E-state index in [9.17, 15) is 0 Å². The number of hydrogen-bond acceptors (Lipinski definition) is 8. The fraction of sp³-hybridized carbons (Fsp3) is 0.0400. The van der Waals surface area contributed by atoms with Gasteiger partial charge in [0.05, 0.1) is 25.6 Å². The molecule has 2 N–H and O–H groups in total. The van der Waals surface area contributed by atoms with Crippen molar-refractivity contribution in [1.82, 2.24) is 0 Å². The lowest BCUT2D eigenvalue weighted by molar-refractivity contribution is 0.415. The first kappa shape index (κ1) is 37.1. The number of benzene rings is 8. The van der Waals surface area contributed by atoms with Gasteiger partial charge in [0.2, 0.25) is 0 Å². The second-order valence-corrected chi connectivity index (χ2v) is 13.1. The van der Waals surface area contributed by atoms with Gasteiger partial charge >= 0.3 is 0 Å². The first-order valence-corrected chi connectivity index (χ1v) is 18.8. The van der Waals surface area contributed by atoms with Gasteiger partial charge < -0.3 is 39.2 Å². The van der Waals surface area contributed by atoms with Crippen molar-refractivity contribution in [2.75, 3.05) is 29.8 Å². The van der Waals surface area contributed by atoms with Crippen LogP contribution in [0.5, 0.6) is 46.0 Å². The molecule has 0 unspecified atom stereocenters. The highest BCUT2D eigenvalue weighted by Crippen LogP contribution is 2.43. The molecule has 0 atom stereocenters. The molecular weight excluding hydrogens is 723 g/mol. The van der Waals surface area contributed by atoms with Crippen molar-refractivity contribution in [2.45, 2.75) is 0 Å². The Bertz CT molecular complexity index is 2490. The van der Waals surface area contributed by atoms with E-state index in [1.165, 1.54) is 0 Å². The maximum atomic E-state index is 6.49. The molecule has 0 bridgehead atoms. The molecule has 0 fully saturated rings. The summed E-state index contributed by atoms with van der Waals surface area (Å²) < 4.78 is 29.9. The molecule has 8 heteroatoms. The third-order valence-corrected chi connectivity index (χ3v) is 9.23. The molecule has 8 aromatic rings.